The van der Waals surface area contributed by atoms with E-state index in [1.807, 2.05) is 17.9 Å². The van der Waals surface area contributed by atoms with Crippen LogP contribution >= 0.6 is 0 Å². The lowest BCUT2D eigenvalue weighted by Gasteiger charge is -2.36. The Morgan fingerprint density at radius 2 is 1.71 bits per heavy atom. The molecule has 1 N–H and O–H groups in total. The molecule has 0 spiro atoms. The smallest absolute Gasteiger partial charge is 0.276 e. The van der Waals surface area contributed by atoms with E-state index < -0.39 is 21.7 Å². The highest BCUT2D eigenvalue weighted by Gasteiger charge is 2.42. The maximum atomic E-state index is 15.8. The molecule has 0 radical (unpaired) electrons. The van der Waals surface area contributed by atoms with Gasteiger partial charge in [0.1, 0.15) is 23.5 Å². The summed E-state index contributed by atoms with van der Waals surface area (Å²) < 4.78 is 63.5. The van der Waals surface area contributed by atoms with Crippen molar-refractivity contribution in [3.05, 3.63) is 58.1 Å². The molecule has 1 aromatic carbocycles. The molecule has 2 fully saturated rings. The number of nitrogens with zero attached hydrogens (tertiary/aromatic N) is 5. The molecule has 4 aliphatic heterocycles. The number of hydrogen-bond donors (Lipinski definition) is 1. The van der Waals surface area contributed by atoms with Gasteiger partial charge >= 0.3 is 0 Å². The number of hydrogen-bond acceptors (Lipinski definition) is 9. The fourth-order valence-corrected chi connectivity index (χ4v) is 7.90. The molecule has 45 heavy (non-hydrogen) atoms. The van der Waals surface area contributed by atoms with Gasteiger partial charge in [0.05, 0.1) is 16.9 Å². The molecule has 3 aromatic rings. The van der Waals surface area contributed by atoms with Crippen molar-refractivity contribution >= 4 is 32.4 Å². The fourth-order valence-electron chi connectivity index (χ4n) is 6.69. The van der Waals surface area contributed by atoms with Crippen LogP contribution in [0.5, 0.6) is 0 Å². The first kappa shape index (κ1) is 31.8. The Labute approximate surface area is 262 Å². The van der Waals surface area contributed by atoms with E-state index in [2.05, 4.69) is 20.2 Å². The van der Waals surface area contributed by atoms with Crippen LogP contribution in [0.4, 0.5) is 20.3 Å². The number of ether oxygens (including phenoxy) is 1. The van der Waals surface area contributed by atoms with Gasteiger partial charge in [0.25, 0.3) is 11.5 Å². The Bertz CT molecular complexity index is 1660. The van der Waals surface area contributed by atoms with Crippen LogP contribution in [-0.4, -0.2) is 85.3 Å². The first-order chi connectivity index (χ1) is 21.6. The molecule has 7 rings (SSSR count). The van der Waals surface area contributed by atoms with E-state index in [9.17, 15) is 13.2 Å². The summed E-state index contributed by atoms with van der Waals surface area (Å²) in [6, 6.07) is 7.98. The number of pyridine rings is 1. The number of alkyl halides is 2. The van der Waals surface area contributed by atoms with Crippen LogP contribution < -0.4 is 15.8 Å². The van der Waals surface area contributed by atoms with Gasteiger partial charge in [0.15, 0.2) is 9.84 Å². The van der Waals surface area contributed by atoms with Gasteiger partial charge in [-0.3, -0.25) is 9.36 Å². The summed E-state index contributed by atoms with van der Waals surface area (Å²) in [5.74, 6) is -3.23. The van der Waals surface area contributed by atoms with E-state index in [1.54, 1.807) is 22.8 Å². The first-order valence-electron chi connectivity index (χ1n) is 16.0. The minimum absolute atomic E-state index is 0.0225. The predicted molar refractivity (Wildman–Crippen MR) is 171 cm³/mol. The molecule has 0 unspecified atom stereocenters. The van der Waals surface area contributed by atoms with Gasteiger partial charge in [-0.2, -0.15) is 0 Å². The van der Waals surface area contributed by atoms with Crippen LogP contribution in [0.1, 0.15) is 56.2 Å². The molecule has 13 heteroatoms. The lowest BCUT2D eigenvalue weighted by Crippen LogP contribution is -2.43. The number of anilines is 2. The van der Waals surface area contributed by atoms with E-state index >= 15 is 8.78 Å². The normalized spacial score (nSPS) is 26.1. The molecular weight excluding hydrogens is 602 g/mol. The third-order valence-electron chi connectivity index (χ3n) is 9.46. The van der Waals surface area contributed by atoms with Gasteiger partial charge in [-0.15, -0.1) is 0 Å². The third kappa shape index (κ3) is 7.00. The first-order valence-corrected chi connectivity index (χ1v) is 17.8. The number of aryl methyl sites for hydroxylation is 1. The maximum absolute atomic E-state index is 15.8. The zero-order valence-corrected chi connectivity index (χ0v) is 26.6. The second-order valence-electron chi connectivity index (χ2n) is 12.5. The van der Waals surface area contributed by atoms with Crippen LogP contribution in [0.25, 0.3) is 11.0 Å². The van der Waals surface area contributed by atoms with Crippen molar-refractivity contribution in [3.63, 3.8) is 0 Å². The Kier molecular flexibility index (Phi) is 9.39. The average molecular weight is 645 g/mol. The number of piperidine rings is 1. The minimum atomic E-state index is -3.15. The van der Waals surface area contributed by atoms with Crippen molar-refractivity contribution in [1.82, 2.24) is 19.4 Å². The number of nitrogens with one attached hydrogen (secondary N) is 1. The number of benzene rings is 1. The summed E-state index contributed by atoms with van der Waals surface area (Å²) in [6.45, 7) is 5.99. The standard InChI is InChI=1S/C32H42F2N6O4S/c1-23-24-6-4-7-26(20-24)32(33,34)25-8-12-38(13-9-25)10-2-3-16-44-17-5-11-40-30-27(29(37-23)35-22-36-30)21-28(31(40)41)39-14-18-45(42,43)19-15-39/h4,6-7,20-23,25H,2-3,5,8-19H2,1H3,(H,35,36,37)/t23-/m1/s1. The number of fused-ring (bicyclic) bond motifs is 10. The Morgan fingerprint density at radius 3 is 2.49 bits per heavy atom. The van der Waals surface area contributed by atoms with Crippen molar-refractivity contribution < 1.29 is 21.9 Å². The monoisotopic (exact) mass is 644 g/mol. The molecule has 10 nitrogen and oxygen atoms in total. The van der Waals surface area contributed by atoms with E-state index in [0.717, 1.165) is 19.4 Å². The largest absolute Gasteiger partial charge is 0.381 e. The summed E-state index contributed by atoms with van der Waals surface area (Å²) in [6.07, 6.45) is 4.73. The summed E-state index contributed by atoms with van der Waals surface area (Å²) >= 11 is 0. The average Bonchev–Trinajstić information content (AvgIpc) is 3.03. The van der Waals surface area contributed by atoms with Crippen molar-refractivity contribution in [3.8, 4) is 0 Å². The summed E-state index contributed by atoms with van der Waals surface area (Å²) in [5.41, 5.74) is 1.32. The molecule has 6 heterocycles. The van der Waals surface area contributed by atoms with E-state index in [0.29, 0.717) is 80.2 Å². The Hall–Kier alpha value is -3.16. The van der Waals surface area contributed by atoms with Gasteiger partial charge in [0, 0.05) is 50.4 Å². The molecule has 0 amide bonds. The minimum Gasteiger partial charge on any atom is -0.381 e. The lowest BCUT2D eigenvalue weighted by molar-refractivity contribution is -0.0856. The van der Waals surface area contributed by atoms with Gasteiger partial charge in [-0.05, 0) is 76.4 Å². The summed E-state index contributed by atoms with van der Waals surface area (Å²) in [7, 11) is -3.15. The van der Waals surface area contributed by atoms with Crippen LogP contribution in [0.15, 0.2) is 41.5 Å². The van der Waals surface area contributed by atoms with E-state index in [4.69, 9.17) is 4.74 Å². The van der Waals surface area contributed by atoms with E-state index in [1.165, 1.54) is 12.4 Å². The molecule has 2 aromatic heterocycles. The van der Waals surface area contributed by atoms with Gasteiger partial charge in [0.2, 0.25) is 0 Å². The summed E-state index contributed by atoms with van der Waals surface area (Å²) in [4.78, 5) is 26.9. The molecule has 0 saturated carbocycles. The highest BCUT2D eigenvalue weighted by molar-refractivity contribution is 7.91. The number of halogens is 2. The predicted octanol–water partition coefficient (Wildman–Crippen LogP) is 4.20. The molecule has 244 valence electrons. The molecule has 4 aliphatic rings. The second-order valence-corrected chi connectivity index (χ2v) is 14.8. The zero-order valence-electron chi connectivity index (χ0n) is 25.8. The van der Waals surface area contributed by atoms with Crippen molar-refractivity contribution in [2.24, 2.45) is 5.92 Å². The molecule has 2 saturated heterocycles. The second kappa shape index (κ2) is 13.3. The van der Waals surface area contributed by atoms with Crippen LogP contribution in [0.2, 0.25) is 0 Å². The lowest BCUT2D eigenvalue weighted by atomic mass is 9.85. The van der Waals surface area contributed by atoms with Crippen LogP contribution in [0.3, 0.4) is 0 Å². The topological polar surface area (TPSA) is 110 Å². The Morgan fingerprint density at radius 1 is 0.956 bits per heavy atom. The Balaban J connectivity index is 1.37. The van der Waals surface area contributed by atoms with Gasteiger partial charge < -0.3 is 19.9 Å². The highest BCUT2D eigenvalue weighted by atomic mass is 32.2. The number of aromatic nitrogens is 3. The van der Waals surface area contributed by atoms with Crippen LogP contribution in [-0.2, 0) is 27.0 Å². The zero-order chi connectivity index (χ0) is 31.6. The molecule has 0 aliphatic carbocycles. The molecular formula is C32H42F2N6O4S. The number of rotatable bonds is 1. The van der Waals surface area contributed by atoms with Crippen molar-refractivity contribution in [1.29, 1.82) is 0 Å². The highest BCUT2D eigenvalue weighted by Crippen LogP contribution is 2.42. The fraction of sp³-hybridized carbons (Fsp3) is 0.594. The SMILES string of the molecule is C[C@H]1Nc2ncnc3c2cc(N2CCS(=O)(=O)CC2)c(=O)n3CCCOCCCCN2CCC(CC2)C(F)(F)c2cccc1c2. The third-order valence-corrected chi connectivity index (χ3v) is 11.1. The molecule has 1 atom stereocenters. The van der Waals surface area contributed by atoms with Gasteiger partial charge in [-0.25, -0.2) is 27.2 Å². The maximum Gasteiger partial charge on any atom is 0.276 e. The van der Waals surface area contributed by atoms with E-state index in [-0.39, 0.29) is 41.8 Å². The van der Waals surface area contributed by atoms with Crippen molar-refractivity contribution in [2.45, 2.75) is 57.5 Å². The van der Waals surface area contributed by atoms with Gasteiger partial charge in [-0.1, -0.05) is 18.2 Å². The van der Waals surface area contributed by atoms with Crippen LogP contribution in [0, 0.1) is 5.92 Å². The quantitative estimate of drug-likeness (QED) is 0.417. The molecule has 8 bridgehead atoms. The number of sulfone groups is 1. The summed E-state index contributed by atoms with van der Waals surface area (Å²) in [5, 5.41) is 3.99. The van der Waals surface area contributed by atoms with Crippen molar-refractivity contribution in [2.75, 3.05) is 67.7 Å².